The van der Waals surface area contributed by atoms with Crippen LogP contribution < -0.4 is 40.0 Å². The van der Waals surface area contributed by atoms with E-state index in [0.29, 0.717) is 15.7 Å². The van der Waals surface area contributed by atoms with Crippen molar-refractivity contribution in [1.29, 1.82) is 0 Å². The van der Waals surface area contributed by atoms with Crippen molar-refractivity contribution in [3.8, 4) is 0 Å². The third kappa shape index (κ3) is 6.29. The molecule has 86 valence electrons. The maximum Gasteiger partial charge on any atom is 1.00 e. The number of rotatable bonds is 4. The van der Waals surface area contributed by atoms with E-state index in [-0.39, 0.29) is 42.4 Å². The van der Waals surface area contributed by atoms with E-state index in [1.54, 1.807) is 12.1 Å². The van der Waals surface area contributed by atoms with Crippen molar-refractivity contribution < 1.29 is 44.3 Å². The number of halogens is 2. The van der Waals surface area contributed by atoms with Crippen LogP contribution in [0.15, 0.2) is 18.2 Å². The van der Waals surface area contributed by atoms with E-state index in [2.05, 4.69) is 5.32 Å². The Balaban J connectivity index is 0.00000256. The normalized spacial score (nSPS) is 9.29. The van der Waals surface area contributed by atoms with Crippen LogP contribution in [0, 0.1) is 0 Å². The Labute approximate surface area is 131 Å². The number of anilines is 1. The number of nitrogens with one attached hydrogen (secondary N) is 1. The van der Waals surface area contributed by atoms with Crippen LogP contribution in [0.3, 0.4) is 0 Å². The standard InChI is InChI=1S/C10H9Cl2NO3.Na/c11-6-1-2-8(7(12)5-6)13-9(14)3-4-10(15)16;/h1-2,5H,3-4H2,(H,13,14)(H,15,16);/q;+1/p-1. The van der Waals surface area contributed by atoms with Crippen LogP contribution in [0.4, 0.5) is 5.69 Å². The summed E-state index contributed by atoms with van der Waals surface area (Å²) in [6, 6.07) is 4.60. The number of aliphatic carboxylic acids is 1. The molecule has 0 aromatic heterocycles. The maximum atomic E-state index is 11.3. The first kappa shape index (κ1) is 16.7. The summed E-state index contributed by atoms with van der Waals surface area (Å²) in [5, 5.41) is 13.4. The Bertz CT molecular complexity index is 426. The zero-order chi connectivity index (χ0) is 12.1. The molecule has 0 aliphatic carbocycles. The number of carboxylic acids is 1. The van der Waals surface area contributed by atoms with Crippen molar-refractivity contribution in [2.75, 3.05) is 5.32 Å². The van der Waals surface area contributed by atoms with Gasteiger partial charge in [0.1, 0.15) is 0 Å². The second-order valence-electron chi connectivity index (χ2n) is 3.04. The predicted molar refractivity (Wildman–Crippen MR) is 59.3 cm³/mol. The zero-order valence-corrected chi connectivity index (χ0v) is 12.6. The van der Waals surface area contributed by atoms with E-state index in [0.717, 1.165) is 0 Å². The first-order chi connectivity index (χ1) is 7.49. The molecule has 17 heavy (non-hydrogen) atoms. The first-order valence-corrected chi connectivity index (χ1v) is 5.19. The molecule has 1 rings (SSSR count). The molecule has 0 unspecified atom stereocenters. The SMILES string of the molecule is O=C([O-])CCC(=O)Nc1ccc(Cl)cc1Cl.[Na+]. The Morgan fingerprint density at radius 2 is 1.88 bits per heavy atom. The summed E-state index contributed by atoms with van der Waals surface area (Å²) in [6.45, 7) is 0. The Kier molecular flexibility index (Phi) is 7.83. The summed E-state index contributed by atoms with van der Waals surface area (Å²) in [6.07, 6.45) is -0.474. The second-order valence-corrected chi connectivity index (χ2v) is 3.89. The molecule has 0 spiro atoms. The number of carbonyl (C=O) groups excluding carboxylic acids is 2. The summed E-state index contributed by atoms with van der Waals surface area (Å²) in [5.74, 6) is -1.70. The fourth-order valence-corrected chi connectivity index (χ4v) is 1.47. The Morgan fingerprint density at radius 3 is 2.41 bits per heavy atom. The number of benzene rings is 1. The molecule has 4 nitrogen and oxygen atoms in total. The zero-order valence-electron chi connectivity index (χ0n) is 9.13. The average Bonchev–Trinajstić information content (AvgIpc) is 2.19. The van der Waals surface area contributed by atoms with Crippen molar-refractivity contribution in [3.63, 3.8) is 0 Å². The van der Waals surface area contributed by atoms with E-state index in [1.807, 2.05) is 0 Å². The van der Waals surface area contributed by atoms with E-state index in [9.17, 15) is 14.7 Å². The Morgan fingerprint density at radius 1 is 1.24 bits per heavy atom. The van der Waals surface area contributed by atoms with Crippen LogP contribution >= 0.6 is 23.2 Å². The largest absolute Gasteiger partial charge is 1.00 e. The number of carbonyl (C=O) groups is 2. The summed E-state index contributed by atoms with van der Waals surface area (Å²) < 4.78 is 0. The maximum absolute atomic E-state index is 11.3. The molecular formula is C10H8Cl2NNaO3. The van der Waals surface area contributed by atoms with E-state index in [1.165, 1.54) is 6.07 Å². The monoisotopic (exact) mass is 283 g/mol. The molecule has 0 radical (unpaired) electrons. The quantitative estimate of drug-likeness (QED) is 0.682. The van der Waals surface area contributed by atoms with Gasteiger partial charge in [0.25, 0.3) is 0 Å². The van der Waals surface area contributed by atoms with E-state index < -0.39 is 11.9 Å². The molecule has 0 saturated carbocycles. The fraction of sp³-hybridized carbons (Fsp3) is 0.200. The second kappa shape index (κ2) is 7.95. The molecule has 0 heterocycles. The molecule has 1 N–H and O–H groups in total. The van der Waals surface area contributed by atoms with Crippen LogP contribution in [0.2, 0.25) is 10.0 Å². The van der Waals surface area contributed by atoms with Crippen LogP contribution in [0.25, 0.3) is 0 Å². The van der Waals surface area contributed by atoms with Gasteiger partial charge in [-0.05, 0) is 24.6 Å². The summed E-state index contributed by atoms with van der Waals surface area (Å²) in [7, 11) is 0. The van der Waals surface area contributed by atoms with E-state index >= 15 is 0 Å². The van der Waals surface area contributed by atoms with E-state index in [4.69, 9.17) is 23.2 Å². The summed E-state index contributed by atoms with van der Waals surface area (Å²) in [4.78, 5) is 21.4. The molecule has 0 atom stereocenters. The smallest absolute Gasteiger partial charge is 0.550 e. The molecule has 0 aliphatic rings. The van der Waals surface area contributed by atoms with Crippen LogP contribution in [-0.2, 0) is 9.59 Å². The van der Waals surface area contributed by atoms with Crippen LogP contribution in [0.5, 0.6) is 0 Å². The molecular weight excluding hydrogens is 276 g/mol. The minimum Gasteiger partial charge on any atom is -0.550 e. The van der Waals surface area contributed by atoms with Gasteiger partial charge in [-0.15, -0.1) is 0 Å². The van der Waals surface area contributed by atoms with Gasteiger partial charge in [0, 0.05) is 17.4 Å². The van der Waals surface area contributed by atoms with Gasteiger partial charge in [-0.1, -0.05) is 23.2 Å². The summed E-state index contributed by atoms with van der Waals surface area (Å²) >= 11 is 11.5. The van der Waals surface area contributed by atoms with Gasteiger partial charge in [-0.25, -0.2) is 0 Å². The van der Waals surface area contributed by atoms with Gasteiger partial charge in [0.2, 0.25) is 5.91 Å². The van der Waals surface area contributed by atoms with Gasteiger partial charge in [-0.2, -0.15) is 0 Å². The van der Waals surface area contributed by atoms with Gasteiger partial charge in [0.05, 0.1) is 10.7 Å². The van der Waals surface area contributed by atoms with Gasteiger partial charge >= 0.3 is 29.6 Å². The van der Waals surface area contributed by atoms with Crippen LogP contribution in [0.1, 0.15) is 12.8 Å². The minimum atomic E-state index is -1.27. The molecule has 1 aromatic rings. The average molecular weight is 284 g/mol. The first-order valence-electron chi connectivity index (χ1n) is 4.44. The number of hydrogen-bond acceptors (Lipinski definition) is 3. The Hall–Kier alpha value is -0.260. The molecule has 0 fully saturated rings. The van der Waals surface area contributed by atoms with Gasteiger partial charge in [-0.3, -0.25) is 4.79 Å². The number of carboxylic acid groups (broad SMARTS) is 1. The van der Waals surface area contributed by atoms with Crippen molar-refractivity contribution in [2.24, 2.45) is 0 Å². The van der Waals surface area contributed by atoms with Crippen LogP contribution in [-0.4, -0.2) is 11.9 Å². The fourth-order valence-electron chi connectivity index (χ4n) is 1.02. The van der Waals surface area contributed by atoms with Crippen molar-refractivity contribution >= 4 is 40.8 Å². The van der Waals surface area contributed by atoms with Crippen molar-refractivity contribution in [1.82, 2.24) is 0 Å². The summed E-state index contributed by atoms with van der Waals surface area (Å²) in [5.41, 5.74) is 0.398. The number of hydrogen-bond donors (Lipinski definition) is 1. The van der Waals surface area contributed by atoms with Gasteiger partial charge in [0.15, 0.2) is 0 Å². The van der Waals surface area contributed by atoms with Gasteiger partial charge < -0.3 is 15.2 Å². The molecule has 0 aliphatic heterocycles. The molecule has 0 bridgehead atoms. The predicted octanol–water partition coefficient (Wildman–Crippen LogP) is -1.53. The molecule has 1 amide bonds. The third-order valence-corrected chi connectivity index (χ3v) is 2.31. The molecule has 7 heteroatoms. The molecule has 1 aromatic carbocycles. The van der Waals surface area contributed by atoms with Crippen molar-refractivity contribution in [3.05, 3.63) is 28.2 Å². The molecule has 0 saturated heterocycles. The third-order valence-electron chi connectivity index (χ3n) is 1.76. The van der Waals surface area contributed by atoms with Crippen molar-refractivity contribution in [2.45, 2.75) is 12.8 Å². The topological polar surface area (TPSA) is 69.2 Å². The number of amides is 1. The minimum absolute atomic E-state index is 0.